The van der Waals surface area contributed by atoms with Gasteiger partial charge in [0.25, 0.3) is 5.91 Å². The number of anilines is 1. The molecule has 0 saturated carbocycles. The summed E-state index contributed by atoms with van der Waals surface area (Å²) < 4.78 is 0. The van der Waals surface area contributed by atoms with Crippen LogP contribution in [0.1, 0.15) is 15.9 Å². The minimum absolute atomic E-state index is 0.125. The number of carbonyl (C=O) groups excluding carboxylic acids is 1. The monoisotopic (exact) mass is 228 g/mol. The fourth-order valence-electron chi connectivity index (χ4n) is 1.41. The number of hydrogen-bond donors (Lipinski definition) is 1. The molecule has 0 atom stereocenters. The molecule has 0 saturated heterocycles. The summed E-state index contributed by atoms with van der Waals surface area (Å²) in [5.74, 6) is -0.394. The van der Waals surface area contributed by atoms with Gasteiger partial charge >= 0.3 is 0 Å². The molecule has 0 aromatic heterocycles. The number of hydrogen-bond acceptors (Lipinski definition) is 4. The first-order valence-corrected chi connectivity index (χ1v) is 5.00. The van der Waals surface area contributed by atoms with Gasteiger partial charge in [0, 0.05) is 5.69 Å². The van der Waals surface area contributed by atoms with Gasteiger partial charge < -0.3 is 10.6 Å². The number of carbonyl (C=O) groups is 1. The van der Waals surface area contributed by atoms with Gasteiger partial charge in [-0.2, -0.15) is 10.5 Å². The van der Waals surface area contributed by atoms with Crippen molar-refractivity contribution in [3.63, 3.8) is 0 Å². The summed E-state index contributed by atoms with van der Waals surface area (Å²) in [6.45, 7) is 1.55. The van der Waals surface area contributed by atoms with Crippen LogP contribution in [0.15, 0.2) is 18.2 Å². The molecule has 1 rings (SSSR count). The van der Waals surface area contributed by atoms with Crippen LogP contribution in [0.25, 0.3) is 0 Å². The Labute approximate surface area is 99.7 Å². The van der Waals surface area contributed by atoms with Crippen LogP contribution in [0.5, 0.6) is 0 Å². The highest BCUT2D eigenvalue weighted by molar-refractivity contribution is 5.99. The third kappa shape index (κ3) is 2.73. The average Bonchev–Trinajstić information content (AvgIpc) is 2.31. The lowest BCUT2D eigenvalue weighted by atomic mass is 10.1. The molecule has 1 amide bonds. The smallest absolute Gasteiger partial charge is 0.257 e. The van der Waals surface area contributed by atoms with E-state index >= 15 is 0 Å². The molecule has 0 aliphatic heterocycles. The predicted molar refractivity (Wildman–Crippen MR) is 62.7 cm³/mol. The minimum atomic E-state index is -0.394. The summed E-state index contributed by atoms with van der Waals surface area (Å²) in [5.41, 5.74) is 7.31. The summed E-state index contributed by atoms with van der Waals surface area (Å²) in [5, 5.41) is 17.2. The van der Waals surface area contributed by atoms with Gasteiger partial charge in [0.2, 0.25) is 0 Å². The van der Waals surface area contributed by atoms with Crippen molar-refractivity contribution in [2.24, 2.45) is 0 Å². The van der Waals surface area contributed by atoms with E-state index in [0.717, 1.165) is 10.5 Å². The molecule has 0 fully saturated rings. The van der Waals surface area contributed by atoms with E-state index in [-0.39, 0.29) is 13.1 Å². The SMILES string of the molecule is Cc1cccc(C(=O)N(CC#N)CC#N)c1N. The second-order valence-electron chi connectivity index (χ2n) is 3.51. The molecule has 0 radical (unpaired) electrons. The second-order valence-corrected chi connectivity index (χ2v) is 3.51. The summed E-state index contributed by atoms with van der Waals surface area (Å²) >= 11 is 0. The third-order valence-electron chi connectivity index (χ3n) is 2.36. The second kappa shape index (κ2) is 5.53. The maximum absolute atomic E-state index is 12.0. The molecule has 0 aliphatic rings. The zero-order valence-electron chi connectivity index (χ0n) is 9.47. The number of benzene rings is 1. The van der Waals surface area contributed by atoms with Gasteiger partial charge in [-0.1, -0.05) is 12.1 Å². The molecule has 86 valence electrons. The van der Waals surface area contributed by atoms with E-state index in [1.54, 1.807) is 25.1 Å². The van der Waals surface area contributed by atoms with E-state index in [4.69, 9.17) is 16.3 Å². The first kappa shape index (κ1) is 12.5. The van der Waals surface area contributed by atoms with Gasteiger partial charge in [-0.15, -0.1) is 0 Å². The number of amides is 1. The van der Waals surface area contributed by atoms with Crippen molar-refractivity contribution < 1.29 is 4.79 Å². The number of para-hydroxylation sites is 1. The van der Waals surface area contributed by atoms with Crippen LogP contribution in [0.4, 0.5) is 5.69 Å². The Kier molecular flexibility index (Phi) is 4.08. The van der Waals surface area contributed by atoms with E-state index in [0.29, 0.717) is 11.3 Å². The number of nitrogen functional groups attached to an aromatic ring is 1. The number of aryl methyl sites for hydroxylation is 1. The molecule has 0 bridgehead atoms. The Balaban J connectivity index is 3.07. The van der Waals surface area contributed by atoms with Gasteiger partial charge in [0.05, 0.1) is 17.7 Å². The number of nitriles is 2. The summed E-state index contributed by atoms with van der Waals surface area (Å²) in [4.78, 5) is 13.2. The van der Waals surface area contributed by atoms with Crippen molar-refractivity contribution in [3.8, 4) is 12.1 Å². The van der Waals surface area contributed by atoms with Crippen LogP contribution in [-0.4, -0.2) is 23.9 Å². The molecule has 5 heteroatoms. The van der Waals surface area contributed by atoms with Crippen molar-refractivity contribution in [2.45, 2.75) is 6.92 Å². The third-order valence-corrected chi connectivity index (χ3v) is 2.36. The predicted octanol–water partition coefficient (Wildman–Crippen LogP) is 1.07. The summed E-state index contributed by atoms with van der Waals surface area (Å²) in [6.07, 6.45) is 0. The van der Waals surface area contributed by atoms with Crippen LogP contribution >= 0.6 is 0 Å². The van der Waals surface area contributed by atoms with Crippen LogP contribution in [0.3, 0.4) is 0 Å². The van der Waals surface area contributed by atoms with Gasteiger partial charge in [-0.3, -0.25) is 4.79 Å². The normalized spacial score (nSPS) is 9.12. The maximum atomic E-state index is 12.0. The van der Waals surface area contributed by atoms with Crippen molar-refractivity contribution >= 4 is 11.6 Å². The lowest BCUT2D eigenvalue weighted by Crippen LogP contribution is -2.32. The molecule has 0 spiro atoms. The zero-order valence-corrected chi connectivity index (χ0v) is 9.47. The Morgan fingerprint density at radius 1 is 1.35 bits per heavy atom. The van der Waals surface area contributed by atoms with E-state index in [1.807, 2.05) is 12.1 Å². The average molecular weight is 228 g/mol. The van der Waals surface area contributed by atoms with E-state index in [9.17, 15) is 4.79 Å². The quantitative estimate of drug-likeness (QED) is 0.618. The molecular formula is C12H12N4O. The first-order chi connectivity index (χ1) is 8.11. The number of rotatable bonds is 3. The van der Waals surface area contributed by atoms with Crippen LogP contribution < -0.4 is 5.73 Å². The number of nitrogens with zero attached hydrogens (tertiary/aromatic N) is 3. The standard InChI is InChI=1S/C12H12N4O/c1-9-3-2-4-10(11(9)15)12(17)16(7-5-13)8-6-14/h2-4H,7-8,15H2,1H3. The Morgan fingerprint density at radius 3 is 2.47 bits per heavy atom. The van der Waals surface area contributed by atoms with E-state index in [1.165, 1.54) is 0 Å². The number of nitrogens with two attached hydrogens (primary N) is 1. The van der Waals surface area contributed by atoms with Gasteiger partial charge in [0.1, 0.15) is 13.1 Å². The largest absolute Gasteiger partial charge is 0.398 e. The zero-order chi connectivity index (χ0) is 12.8. The fourth-order valence-corrected chi connectivity index (χ4v) is 1.41. The topological polar surface area (TPSA) is 93.9 Å². The Bertz CT molecular complexity index is 494. The summed E-state index contributed by atoms with van der Waals surface area (Å²) in [6, 6.07) is 8.81. The lowest BCUT2D eigenvalue weighted by molar-refractivity contribution is 0.0795. The minimum Gasteiger partial charge on any atom is -0.398 e. The Hall–Kier alpha value is -2.53. The van der Waals surface area contributed by atoms with Crippen LogP contribution in [0.2, 0.25) is 0 Å². The Morgan fingerprint density at radius 2 is 1.94 bits per heavy atom. The van der Waals surface area contributed by atoms with Crippen molar-refractivity contribution in [1.82, 2.24) is 4.90 Å². The van der Waals surface area contributed by atoms with Gasteiger partial charge in [-0.25, -0.2) is 0 Å². The molecule has 1 aromatic carbocycles. The fraction of sp³-hybridized carbons (Fsp3) is 0.250. The first-order valence-electron chi connectivity index (χ1n) is 5.00. The molecule has 1 aromatic rings. The highest BCUT2D eigenvalue weighted by atomic mass is 16.2. The van der Waals surface area contributed by atoms with E-state index in [2.05, 4.69) is 0 Å². The highest BCUT2D eigenvalue weighted by Gasteiger charge is 2.18. The van der Waals surface area contributed by atoms with Crippen molar-refractivity contribution in [3.05, 3.63) is 29.3 Å². The van der Waals surface area contributed by atoms with Gasteiger partial charge in [-0.05, 0) is 18.6 Å². The molecule has 2 N–H and O–H groups in total. The molecule has 17 heavy (non-hydrogen) atoms. The molecule has 5 nitrogen and oxygen atoms in total. The highest BCUT2D eigenvalue weighted by Crippen LogP contribution is 2.18. The van der Waals surface area contributed by atoms with Crippen LogP contribution in [0, 0.1) is 29.6 Å². The molecule has 0 unspecified atom stereocenters. The molecule has 0 aliphatic carbocycles. The van der Waals surface area contributed by atoms with Crippen molar-refractivity contribution in [2.75, 3.05) is 18.8 Å². The maximum Gasteiger partial charge on any atom is 0.257 e. The lowest BCUT2D eigenvalue weighted by Gasteiger charge is -2.17. The van der Waals surface area contributed by atoms with Gasteiger partial charge in [0.15, 0.2) is 0 Å². The molecular weight excluding hydrogens is 216 g/mol. The van der Waals surface area contributed by atoms with Crippen molar-refractivity contribution in [1.29, 1.82) is 10.5 Å². The summed E-state index contributed by atoms with van der Waals surface area (Å²) in [7, 11) is 0. The van der Waals surface area contributed by atoms with E-state index < -0.39 is 5.91 Å². The molecule has 0 heterocycles. The van der Waals surface area contributed by atoms with Crippen LogP contribution in [-0.2, 0) is 0 Å².